The Morgan fingerprint density at radius 3 is 2.65 bits per heavy atom. The first-order chi connectivity index (χ1) is 7.85. The lowest BCUT2D eigenvalue weighted by Gasteiger charge is -2.07. The molecule has 2 aromatic heterocycles. The van der Waals surface area contributed by atoms with Crippen molar-refractivity contribution in [3.8, 4) is 5.75 Å². The summed E-state index contributed by atoms with van der Waals surface area (Å²) in [7, 11) is 0. The third-order valence-electron chi connectivity index (χ3n) is 2.11. The van der Waals surface area contributed by atoms with Crippen LogP contribution < -0.4 is 4.74 Å². The summed E-state index contributed by atoms with van der Waals surface area (Å²) < 4.78 is 39.8. The van der Waals surface area contributed by atoms with E-state index >= 15 is 0 Å². The number of hydrogen-bond acceptors (Lipinski definition) is 3. The van der Waals surface area contributed by atoms with Crippen molar-refractivity contribution in [1.82, 2.24) is 15.0 Å². The van der Waals surface area contributed by atoms with E-state index in [-0.39, 0.29) is 11.7 Å². The van der Waals surface area contributed by atoms with Crippen LogP contribution in [0.4, 0.5) is 13.2 Å². The van der Waals surface area contributed by atoms with Crippen LogP contribution in [0, 0.1) is 0 Å². The lowest BCUT2D eigenvalue weighted by molar-refractivity contribution is -0.274. The Morgan fingerprint density at radius 2 is 2.06 bits per heavy atom. The summed E-state index contributed by atoms with van der Waals surface area (Å²) >= 11 is 0. The molecule has 0 fully saturated rings. The molecule has 0 bridgehead atoms. The highest BCUT2D eigenvalue weighted by molar-refractivity contribution is 5.72. The zero-order valence-electron chi connectivity index (χ0n) is 9.17. The van der Waals surface area contributed by atoms with Gasteiger partial charge in [-0.05, 0) is 0 Å². The maximum Gasteiger partial charge on any atom is 0.573 e. The average molecular weight is 245 g/mol. The molecule has 0 spiro atoms. The normalized spacial score (nSPS) is 12.4. The first-order valence-corrected chi connectivity index (χ1v) is 4.96. The molecule has 0 aliphatic carbocycles. The Hall–Kier alpha value is -1.79. The number of fused-ring (bicyclic) bond motifs is 1. The molecule has 2 aromatic rings. The zero-order chi connectivity index (χ0) is 12.6. The zero-order valence-corrected chi connectivity index (χ0v) is 9.17. The van der Waals surface area contributed by atoms with E-state index in [4.69, 9.17) is 0 Å². The van der Waals surface area contributed by atoms with Gasteiger partial charge in [0.25, 0.3) is 0 Å². The second-order valence-electron chi connectivity index (χ2n) is 3.87. The quantitative estimate of drug-likeness (QED) is 0.884. The number of imidazole rings is 1. The molecular formula is C10H10F3N3O. The monoisotopic (exact) mass is 245 g/mol. The molecule has 0 radical (unpaired) electrons. The summed E-state index contributed by atoms with van der Waals surface area (Å²) in [5, 5.41) is 0. The molecule has 17 heavy (non-hydrogen) atoms. The second kappa shape index (κ2) is 3.90. The number of nitrogens with one attached hydrogen (secondary N) is 1. The van der Waals surface area contributed by atoms with Gasteiger partial charge >= 0.3 is 6.36 Å². The van der Waals surface area contributed by atoms with Crippen LogP contribution in [-0.2, 0) is 0 Å². The molecule has 0 saturated heterocycles. The molecule has 0 saturated carbocycles. The van der Waals surface area contributed by atoms with Crippen LogP contribution in [0.5, 0.6) is 5.75 Å². The molecule has 0 aromatic carbocycles. The maximum atomic E-state index is 12.0. The van der Waals surface area contributed by atoms with Crippen molar-refractivity contribution >= 4 is 11.2 Å². The van der Waals surface area contributed by atoms with Crippen molar-refractivity contribution in [1.29, 1.82) is 0 Å². The number of rotatable bonds is 2. The number of halogens is 3. The maximum absolute atomic E-state index is 12.0. The number of pyridine rings is 1. The lowest BCUT2D eigenvalue weighted by atomic mass is 10.2. The fourth-order valence-corrected chi connectivity index (χ4v) is 1.36. The fraction of sp³-hybridized carbons (Fsp3) is 0.400. The second-order valence-corrected chi connectivity index (χ2v) is 3.87. The van der Waals surface area contributed by atoms with E-state index in [1.807, 2.05) is 13.8 Å². The molecule has 0 aliphatic heterocycles. The Kier molecular flexibility index (Phi) is 2.68. The third kappa shape index (κ3) is 2.66. The van der Waals surface area contributed by atoms with Crippen molar-refractivity contribution in [3.63, 3.8) is 0 Å². The van der Waals surface area contributed by atoms with Gasteiger partial charge in [0, 0.05) is 12.0 Å². The number of nitrogens with zero attached hydrogens (tertiary/aromatic N) is 2. The van der Waals surface area contributed by atoms with Gasteiger partial charge in [-0.1, -0.05) is 13.8 Å². The molecular weight excluding hydrogens is 235 g/mol. The average Bonchev–Trinajstić information content (AvgIpc) is 2.57. The van der Waals surface area contributed by atoms with E-state index in [2.05, 4.69) is 19.7 Å². The predicted octanol–water partition coefficient (Wildman–Crippen LogP) is 2.98. The minimum absolute atomic E-state index is 0.149. The van der Waals surface area contributed by atoms with Crippen LogP contribution in [0.3, 0.4) is 0 Å². The van der Waals surface area contributed by atoms with Gasteiger partial charge in [0.15, 0.2) is 5.65 Å². The standard InChI is InChI=1S/C10H10F3N3O/c1-5(2)8-15-7-3-6(17-10(11,12)13)4-14-9(7)16-8/h3-5H,1-2H3,(H,14,15,16). The number of aromatic amines is 1. The molecule has 0 amide bonds. The highest BCUT2D eigenvalue weighted by Crippen LogP contribution is 2.25. The van der Waals surface area contributed by atoms with Crippen LogP contribution >= 0.6 is 0 Å². The molecule has 0 aliphatic rings. The van der Waals surface area contributed by atoms with Gasteiger partial charge in [-0.15, -0.1) is 13.2 Å². The van der Waals surface area contributed by atoms with Gasteiger partial charge in [0.05, 0.1) is 11.7 Å². The van der Waals surface area contributed by atoms with Gasteiger partial charge in [0.1, 0.15) is 11.6 Å². The highest BCUT2D eigenvalue weighted by atomic mass is 19.4. The fourth-order valence-electron chi connectivity index (χ4n) is 1.36. The van der Waals surface area contributed by atoms with E-state index in [1.54, 1.807) is 0 Å². The van der Waals surface area contributed by atoms with Crippen molar-refractivity contribution in [3.05, 3.63) is 18.1 Å². The molecule has 7 heteroatoms. The summed E-state index contributed by atoms with van der Waals surface area (Å²) in [5.41, 5.74) is 0.804. The highest BCUT2D eigenvalue weighted by Gasteiger charge is 2.31. The van der Waals surface area contributed by atoms with Gasteiger partial charge < -0.3 is 9.72 Å². The first-order valence-electron chi connectivity index (χ1n) is 4.96. The van der Waals surface area contributed by atoms with Crippen molar-refractivity contribution in [2.24, 2.45) is 0 Å². The molecule has 2 heterocycles. The summed E-state index contributed by atoms with van der Waals surface area (Å²) in [6.07, 6.45) is -3.71. The Balaban J connectivity index is 2.37. The minimum Gasteiger partial charge on any atom is -0.404 e. The van der Waals surface area contributed by atoms with Crippen molar-refractivity contribution in [2.45, 2.75) is 26.1 Å². The summed E-state index contributed by atoms with van der Waals surface area (Å²) in [6.45, 7) is 3.84. The van der Waals surface area contributed by atoms with Crippen LogP contribution in [-0.4, -0.2) is 21.3 Å². The van der Waals surface area contributed by atoms with Gasteiger partial charge in [-0.25, -0.2) is 9.97 Å². The number of aromatic nitrogens is 3. The van der Waals surface area contributed by atoms with Crippen molar-refractivity contribution in [2.75, 3.05) is 0 Å². The Bertz CT molecular complexity index is 533. The van der Waals surface area contributed by atoms with Crippen LogP contribution in [0.2, 0.25) is 0 Å². The molecule has 0 atom stereocenters. The van der Waals surface area contributed by atoms with Gasteiger partial charge in [0.2, 0.25) is 0 Å². The summed E-state index contributed by atoms with van der Waals surface area (Å²) in [5.74, 6) is 0.469. The molecule has 0 unspecified atom stereocenters. The molecule has 2 rings (SSSR count). The SMILES string of the molecule is CC(C)c1nc2ncc(OC(F)(F)F)cc2[nH]1. The third-order valence-corrected chi connectivity index (χ3v) is 2.11. The number of alkyl halides is 3. The largest absolute Gasteiger partial charge is 0.573 e. The predicted molar refractivity (Wildman–Crippen MR) is 54.7 cm³/mol. The molecule has 1 N–H and O–H groups in total. The number of hydrogen-bond donors (Lipinski definition) is 1. The summed E-state index contributed by atoms with van der Waals surface area (Å²) in [6, 6.07) is 1.23. The van der Waals surface area contributed by atoms with E-state index in [0.29, 0.717) is 17.0 Å². The first kappa shape index (κ1) is 11.7. The van der Waals surface area contributed by atoms with E-state index in [1.165, 1.54) is 6.07 Å². The van der Waals surface area contributed by atoms with Crippen LogP contribution in [0.1, 0.15) is 25.6 Å². The van der Waals surface area contributed by atoms with E-state index in [9.17, 15) is 13.2 Å². The molecule has 4 nitrogen and oxygen atoms in total. The number of ether oxygens (including phenoxy) is 1. The van der Waals surface area contributed by atoms with E-state index in [0.717, 1.165) is 6.20 Å². The van der Waals surface area contributed by atoms with Crippen molar-refractivity contribution < 1.29 is 17.9 Å². The number of H-pyrrole nitrogens is 1. The molecule has 92 valence electrons. The van der Waals surface area contributed by atoms with Gasteiger partial charge in [-0.3, -0.25) is 0 Å². The summed E-state index contributed by atoms with van der Waals surface area (Å²) in [4.78, 5) is 10.8. The van der Waals surface area contributed by atoms with Crippen LogP contribution in [0.15, 0.2) is 12.3 Å². The lowest BCUT2D eigenvalue weighted by Crippen LogP contribution is -2.17. The Labute approximate surface area is 94.8 Å². The van der Waals surface area contributed by atoms with E-state index < -0.39 is 6.36 Å². The minimum atomic E-state index is -4.71. The van der Waals surface area contributed by atoms with Gasteiger partial charge in [-0.2, -0.15) is 0 Å². The topological polar surface area (TPSA) is 50.8 Å². The Morgan fingerprint density at radius 1 is 1.35 bits per heavy atom. The van der Waals surface area contributed by atoms with Crippen LogP contribution in [0.25, 0.3) is 11.2 Å². The smallest absolute Gasteiger partial charge is 0.404 e.